The van der Waals surface area contributed by atoms with Gasteiger partial charge in [-0.05, 0) is 33.1 Å². The van der Waals surface area contributed by atoms with Crippen molar-refractivity contribution < 1.29 is 0 Å². The largest absolute Gasteiger partial charge is 0.334 e. The molecule has 120 valence electrons. The van der Waals surface area contributed by atoms with Gasteiger partial charge in [-0.25, -0.2) is 4.98 Å². The van der Waals surface area contributed by atoms with Crippen LogP contribution in [0.25, 0.3) is 0 Å². The van der Waals surface area contributed by atoms with Crippen LogP contribution in [0.3, 0.4) is 0 Å². The predicted molar refractivity (Wildman–Crippen MR) is 88.5 cm³/mol. The number of aryl methyl sites for hydroxylation is 1. The molecule has 1 aliphatic rings. The molecule has 2 heterocycles. The molecule has 0 spiro atoms. The number of rotatable bonds is 6. The Labute approximate surface area is 129 Å². The van der Waals surface area contributed by atoms with Crippen LogP contribution in [0.4, 0.5) is 0 Å². The van der Waals surface area contributed by atoms with E-state index in [2.05, 4.69) is 60.6 Å². The molecule has 1 unspecified atom stereocenters. The normalized spacial score (nSPS) is 26.1. The summed E-state index contributed by atoms with van der Waals surface area (Å²) in [6, 6.07) is 0. The second-order valence-electron chi connectivity index (χ2n) is 6.78. The van der Waals surface area contributed by atoms with Crippen molar-refractivity contribution in [3.05, 3.63) is 18.2 Å². The summed E-state index contributed by atoms with van der Waals surface area (Å²) in [7, 11) is 0. The van der Waals surface area contributed by atoms with E-state index in [0.29, 0.717) is 5.54 Å². The molecule has 0 bridgehead atoms. The second-order valence-corrected chi connectivity index (χ2v) is 6.78. The monoisotopic (exact) mass is 292 g/mol. The van der Waals surface area contributed by atoms with Crippen molar-refractivity contribution in [1.29, 1.82) is 0 Å². The lowest BCUT2D eigenvalue weighted by atomic mass is 9.83. The van der Waals surface area contributed by atoms with Crippen LogP contribution in [0.2, 0.25) is 0 Å². The van der Waals surface area contributed by atoms with Gasteiger partial charge in [0.1, 0.15) is 5.82 Å². The lowest BCUT2D eigenvalue weighted by molar-refractivity contribution is 0.00675. The number of nitrogens with one attached hydrogen (secondary N) is 1. The Balaban J connectivity index is 2.09. The molecular weight excluding hydrogens is 260 g/mol. The molecule has 0 radical (unpaired) electrons. The van der Waals surface area contributed by atoms with Crippen LogP contribution in [-0.4, -0.2) is 45.2 Å². The van der Waals surface area contributed by atoms with Gasteiger partial charge in [0.2, 0.25) is 0 Å². The van der Waals surface area contributed by atoms with E-state index in [1.807, 2.05) is 6.20 Å². The third kappa shape index (κ3) is 3.32. The fourth-order valence-corrected chi connectivity index (χ4v) is 3.39. The lowest BCUT2D eigenvalue weighted by Crippen LogP contribution is -2.68. The maximum atomic E-state index is 4.33. The highest BCUT2D eigenvalue weighted by Crippen LogP contribution is 2.30. The topological polar surface area (TPSA) is 33.1 Å². The molecule has 2 rings (SSSR count). The van der Waals surface area contributed by atoms with Gasteiger partial charge in [0.25, 0.3) is 0 Å². The summed E-state index contributed by atoms with van der Waals surface area (Å²) in [5, 5.41) is 3.85. The zero-order chi connectivity index (χ0) is 15.5. The quantitative estimate of drug-likeness (QED) is 0.875. The molecule has 21 heavy (non-hydrogen) atoms. The molecular formula is C17H32N4. The van der Waals surface area contributed by atoms with E-state index in [4.69, 9.17) is 0 Å². The molecule has 0 aliphatic carbocycles. The number of aromatic nitrogens is 2. The number of hydrogen-bond donors (Lipinski definition) is 1. The van der Waals surface area contributed by atoms with Crippen LogP contribution in [0.15, 0.2) is 12.4 Å². The summed E-state index contributed by atoms with van der Waals surface area (Å²) in [4.78, 5) is 7.03. The Morgan fingerprint density at radius 3 is 2.43 bits per heavy atom. The Kier molecular flexibility index (Phi) is 5.10. The van der Waals surface area contributed by atoms with Gasteiger partial charge in [-0.1, -0.05) is 20.8 Å². The van der Waals surface area contributed by atoms with E-state index in [-0.39, 0.29) is 5.54 Å². The van der Waals surface area contributed by atoms with E-state index >= 15 is 0 Å². The summed E-state index contributed by atoms with van der Waals surface area (Å²) >= 11 is 0. The highest BCUT2D eigenvalue weighted by Gasteiger charge is 2.42. The first-order chi connectivity index (χ1) is 9.98. The Bertz CT molecular complexity index is 449. The van der Waals surface area contributed by atoms with Crippen LogP contribution in [-0.2, 0) is 6.54 Å². The molecule has 1 aromatic rings. The van der Waals surface area contributed by atoms with Crippen LogP contribution < -0.4 is 5.32 Å². The third-order valence-electron chi connectivity index (χ3n) is 5.75. The molecule has 1 fully saturated rings. The fraction of sp³-hybridized carbons (Fsp3) is 0.824. The van der Waals surface area contributed by atoms with Gasteiger partial charge in [-0.3, -0.25) is 4.90 Å². The summed E-state index contributed by atoms with van der Waals surface area (Å²) in [6.07, 6.45) is 7.57. The maximum Gasteiger partial charge on any atom is 0.105 e. The molecule has 1 saturated heterocycles. The van der Waals surface area contributed by atoms with Crippen LogP contribution >= 0.6 is 0 Å². The van der Waals surface area contributed by atoms with Crippen LogP contribution in [0.5, 0.6) is 0 Å². The van der Waals surface area contributed by atoms with Crippen molar-refractivity contribution in [2.75, 3.05) is 19.6 Å². The Hall–Kier alpha value is -0.870. The first-order valence-corrected chi connectivity index (χ1v) is 8.46. The van der Waals surface area contributed by atoms with Gasteiger partial charge in [0.05, 0.1) is 0 Å². The van der Waals surface area contributed by atoms with E-state index in [1.165, 1.54) is 19.3 Å². The van der Waals surface area contributed by atoms with E-state index < -0.39 is 0 Å². The van der Waals surface area contributed by atoms with Crippen molar-refractivity contribution in [1.82, 2.24) is 19.8 Å². The highest BCUT2D eigenvalue weighted by atomic mass is 15.3. The molecule has 0 amide bonds. The summed E-state index contributed by atoms with van der Waals surface area (Å²) in [5.74, 6) is 1.11. The zero-order valence-electron chi connectivity index (χ0n) is 14.4. The van der Waals surface area contributed by atoms with Crippen molar-refractivity contribution in [3.8, 4) is 0 Å². The number of piperazine rings is 1. The minimum absolute atomic E-state index is 0.266. The molecule has 1 N–H and O–H groups in total. The molecule has 0 saturated carbocycles. The van der Waals surface area contributed by atoms with E-state index in [0.717, 1.165) is 32.0 Å². The average molecular weight is 292 g/mol. The Morgan fingerprint density at radius 2 is 1.90 bits per heavy atom. The maximum absolute atomic E-state index is 4.33. The average Bonchev–Trinajstić information content (AvgIpc) is 2.92. The number of nitrogens with zero attached hydrogens (tertiary/aromatic N) is 3. The summed E-state index contributed by atoms with van der Waals surface area (Å²) in [5.41, 5.74) is 0.557. The van der Waals surface area contributed by atoms with Crippen molar-refractivity contribution in [2.24, 2.45) is 0 Å². The predicted octanol–water partition coefficient (Wildman–Crippen LogP) is 2.82. The van der Waals surface area contributed by atoms with Crippen molar-refractivity contribution in [3.63, 3.8) is 0 Å². The molecule has 0 aromatic carbocycles. The van der Waals surface area contributed by atoms with Crippen molar-refractivity contribution in [2.45, 2.75) is 71.5 Å². The lowest BCUT2D eigenvalue weighted by Gasteiger charge is -2.53. The molecule has 1 aliphatic heterocycles. The van der Waals surface area contributed by atoms with Gasteiger partial charge in [-0.15, -0.1) is 0 Å². The van der Waals surface area contributed by atoms with Crippen LogP contribution in [0.1, 0.15) is 52.8 Å². The van der Waals surface area contributed by atoms with Gasteiger partial charge in [0, 0.05) is 49.7 Å². The Morgan fingerprint density at radius 1 is 1.19 bits per heavy atom. The van der Waals surface area contributed by atoms with E-state index in [1.54, 1.807) is 0 Å². The molecule has 1 aromatic heterocycles. The SMILES string of the molecule is CCC1(CC)CN(CCn2ccnc2C)C(C)(CC)CN1. The highest BCUT2D eigenvalue weighted by molar-refractivity contribution is 5.02. The van der Waals surface area contributed by atoms with Crippen LogP contribution in [0, 0.1) is 6.92 Å². The smallest absolute Gasteiger partial charge is 0.105 e. The van der Waals surface area contributed by atoms with Gasteiger partial charge in [-0.2, -0.15) is 0 Å². The minimum Gasteiger partial charge on any atom is -0.334 e. The number of imidazole rings is 1. The van der Waals surface area contributed by atoms with E-state index in [9.17, 15) is 0 Å². The molecule has 4 heteroatoms. The van der Waals surface area contributed by atoms with Crippen molar-refractivity contribution >= 4 is 0 Å². The summed E-state index contributed by atoms with van der Waals surface area (Å²) in [6.45, 7) is 15.8. The first-order valence-electron chi connectivity index (χ1n) is 8.46. The fourth-order valence-electron chi connectivity index (χ4n) is 3.39. The molecule has 4 nitrogen and oxygen atoms in total. The third-order valence-corrected chi connectivity index (χ3v) is 5.75. The standard InChI is InChI=1S/C17H32N4/c1-6-16(5)13-19-17(7-2,8-3)14-21(16)12-11-20-10-9-18-15(20)4/h9-10,19H,6-8,11-14H2,1-5H3. The number of hydrogen-bond acceptors (Lipinski definition) is 3. The van der Waals surface area contributed by atoms with Gasteiger partial charge < -0.3 is 9.88 Å². The second kappa shape index (κ2) is 6.49. The summed E-state index contributed by atoms with van der Waals surface area (Å²) < 4.78 is 2.26. The molecule has 1 atom stereocenters. The van der Waals surface area contributed by atoms with Gasteiger partial charge >= 0.3 is 0 Å². The zero-order valence-corrected chi connectivity index (χ0v) is 14.4. The minimum atomic E-state index is 0.266. The first kappa shape index (κ1) is 16.5. The van der Waals surface area contributed by atoms with Gasteiger partial charge in [0.15, 0.2) is 0 Å².